The van der Waals surface area contributed by atoms with Crippen molar-refractivity contribution >= 4 is 0 Å². The van der Waals surface area contributed by atoms with Gasteiger partial charge >= 0.3 is 0 Å². The van der Waals surface area contributed by atoms with E-state index in [0.29, 0.717) is 19.7 Å². The minimum atomic E-state index is -2.57. The second-order valence-electron chi connectivity index (χ2n) is 3.43. The molecule has 0 spiro atoms. The molecule has 1 aliphatic heterocycles. The largest absolute Gasteiger partial charge is 0.383 e. The Morgan fingerprint density at radius 1 is 1.62 bits per heavy atom. The molecule has 3 nitrogen and oxygen atoms in total. The third-order valence-electron chi connectivity index (χ3n) is 2.26. The van der Waals surface area contributed by atoms with Crippen molar-refractivity contribution in [2.24, 2.45) is 5.73 Å². The number of halogens is 2. The second-order valence-corrected chi connectivity index (χ2v) is 3.43. The van der Waals surface area contributed by atoms with Crippen LogP contribution in [-0.2, 0) is 4.74 Å². The van der Waals surface area contributed by atoms with E-state index in [0.717, 1.165) is 0 Å². The number of rotatable bonds is 4. The van der Waals surface area contributed by atoms with Gasteiger partial charge in [0.1, 0.15) is 0 Å². The molecule has 2 N–H and O–H groups in total. The molecule has 1 fully saturated rings. The topological polar surface area (TPSA) is 38.5 Å². The third-order valence-corrected chi connectivity index (χ3v) is 2.26. The summed E-state index contributed by atoms with van der Waals surface area (Å²) in [7, 11) is 1.52. The molecule has 1 rings (SSSR count). The lowest BCUT2D eigenvalue weighted by Gasteiger charge is -2.21. The van der Waals surface area contributed by atoms with E-state index in [1.807, 2.05) is 0 Å². The SMILES string of the molecule is COCC1CC(F)(F)CN1CCN. The van der Waals surface area contributed by atoms with Crippen molar-refractivity contribution in [3.05, 3.63) is 0 Å². The summed E-state index contributed by atoms with van der Waals surface area (Å²) >= 11 is 0. The van der Waals surface area contributed by atoms with Gasteiger partial charge in [0.25, 0.3) is 5.92 Å². The maximum atomic E-state index is 13.0. The predicted octanol–water partition coefficient (Wildman–Crippen LogP) is 0.301. The van der Waals surface area contributed by atoms with Gasteiger partial charge in [-0.25, -0.2) is 8.78 Å². The standard InChI is InChI=1S/C8H16F2N2O/c1-13-5-7-4-8(9,10)6-12(7)3-2-11/h7H,2-6,11H2,1H3. The Kier molecular flexibility index (Phi) is 3.58. The Morgan fingerprint density at radius 3 is 2.85 bits per heavy atom. The molecular weight excluding hydrogens is 178 g/mol. The lowest BCUT2D eigenvalue weighted by atomic mass is 10.2. The molecule has 1 atom stereocenters. The van der Waals surface area contributed by atoms with Gasteiger partial charge in [-0.15, -0.1) is 0 Å². The quantitative estimate of drug-likeness (QED) is 0.699. The van der Waals surface area contributed by atoms with E-state index in [-0.39, 0.29) is 19.0 Å². The van der Waals surface area contributed by atoms with Crippen molar-refractivity contribution in [2.45, 2.75) is 18.4 Å². The molecule has 0 aromatic carbocycles. The molecule has 0 radical (unpaired) electrons. The zero-order chi connectivity index (χ0) is 9.90. The molecule has 1 unspecified atom stereocenters. The first-order chi connectivity index (χ1) is 6.09. The van der Waals surface area contributed by atoms with Crippen molar-refractivity contribution in [1.29, 1.82) is 0 Å². The number of hydrogen-bond donors (Lipinski definition) is 1. The number of ether oxygens (including phenoxy) is 1. The molecule has 0 aromatic heterocycles. The number of nitrogens with two attached hydrogens (primary N) is 1. The molecule has 0 amide bonds. The van der Waals surface area contributed by atoms with Crippen LogP contribution in [0.4, 0.5) is 8.78 Å². The van der Waals surface area contributed by atoms with Crippen molar-refractivity contribution in [1.82, 2.24) is 4.90 Å². The summed E-state index contributed by atoms with van der Waals surface area (Å²) in [6.07, 6.45) is -0.110. The van der Waals surface area contributed by atoms with E-state index in [4.69, 9.17) is 10.5 Å². The fourth-order valence-corrected chi connectivity index (χ4v) is 1.75. The maximum Gasteiger partial charge on any atom is 0.262 e. The van der Waals surface area contributed by atoms with Gasteiger partial charge in [-0.2, -0.15) is 0 Å². The predicted molar refractivity (Wildman–Crippen MR) is 45.9 cm³/mol. The number of nitrogens with zero attached hydrogens (tertiary/aromatic N) is 1. The maximum absolute atomic E-state index is 13.0. The lowest BCUT2D eigenvalue weighted by molar-refractivity contribution is 0.0119. The highest BCUT2D eigenvalue weighted by Gasteiger charge is 2.44. The Morgan fingerprint density at radius 2 is 2.31 bits per heavy atom. The van der Waals surface area contributed by atoms with Crippen LogP contribution < -0.4 is 5.73 Å². The minimum absolute atomic E-state index is 0.110. The van der Waals surface area contributed by atoms with Gasteiger partial charge in [0.05, 0.1) is 13.2 Å². The van der Waals surface area contributed by atoms with E-state index < -0.39 is 5.92 Å². The summed E-state index contributed by atoms with van der Waals surface area (Å²) in [6, 6.07) is -0.177. The van der Waals surface area contributed by atoms with E-state index >= 15 is 0 Å². The number of likely N-dealkylation sites (tertiary alicyclic amines) is 1. The van der Waals surface area contributed by atoms with Crippen molar-refractivity contribution in [3.8, 4) is 0 Å². The van der Waals surface area contributed by atoms with Crippen LogP contribution in [0.15, 0.2) is 0 Å². The minimum Gasteiger partial charge on any atom is -0.383 e. The smallest absolute Gasteiger partial charge is 0.262 e. The van der Waals surface area contributed by atoms with Gasteiger partial charge in [-0.3, -0.25) is 4.90 Å². The highest BCUT2D eigenvalue weighted by molar-refractivity contribution is 4.90. The van der Waals surface area contributed by atoms with E-state index in [9.17, 15) is 8.78 Å². The van der Waals surface area contributed by atoms with E-state index in [2.05, 4.69) is 0 Å². The fraction of sp³-hybridized carbons (Fsp3) is 1.00. The summed E-state index contributed by atoms with van der Waals surface area (Å²) < 4.78 is 30.8. The average molecular weight is 194 g/mol. The summed E-state index contributed by atoms with van der Waals surface area (Å²) in [6.45, 7) is 1.10. The molecule has 1 saturated heterocycles. The van der Waals surface area contributed by atoms with Gasteiger partial charge in [-0.05, 0) is 0 Å². The average Bonchev–Trinajstić information content (AvgIpc) is 2.28. The lowest BCUT2D eigenvalue weighted by Crippen LogP contribution is -2.37. The monoisotopic (exact) mass is 194 g/mol. The van der Waals surface area contributed by atoms with E-state index in [1.165, 1.54) is 7.11 Å². The third kappa shape index (κ3) is 2.86. The summed E-state index contributed by atoms with van der Waals surface area (Å²) in [5, 5.41) is 0. The Hall–Kier alpha value is -0.260. The van der Waals surface area contributed by atoms with Crippen molar-refractivity contribution < 1.29 is 13.5 Å². The molecule has 78 valence electrons. The first-order valence-corrected chi connectivity index (χ1v) is 4.40. The molecule has 1 heterocycles. The van der Waals surface area contributed by atoms with Gasteiger partial charge in [-0.1, -0.05) is 0 Å². The molecule has 1 aliphatic rings. The van der Waals surface area contributed by atoms with Crippen LogP contribution in [0.1, 0.15) is 6.42 Å². The highest BCUT2D eigenvalue weighted by atomic mass is 19.3. The summed E-state index contributed by atoms with van der Waals surface area (Å²) in [5.41, 5.74) is 5.33. The molecule has 13 heavy (non-hydrogen) atoms. The van der Waals surface area contributed by atoms with Gasteiger partial charge in [0, 0.05) is 32.7 Å². The zero-order valence-corrected chi connectivity index (χ0v) is 7.80. The molecule has 0 aromatic rings. The summed E-state index contributed by atoms with van der Waals surface area (Å²) in [4.78, 5) is 1.70. The van der Waals surface area contributed by atoms with Crippen molar-refractivity contribution in [2.75, 3.05) is 33.4 Å². The van der Waals surface area contributed by atoms with Crippen LogP contribution >= 0.6 is 0 Å². The van der Waals surface area contributed by atoms with Crippen LogP contribution in [0.5, 0.6) is 0 Å². The molecular formula is C8H16F2N2O. The summed E-state index contributed by atoms with van der Waals surface area (Å²) in [5.74, 6) is -2.57. The van der Waals surface area contributed by atoms with Crippen LogP contribution in [0, 0.1) is 0 Å². The van der Waals surface area contributed by atoms with Gasteiger partial charge in [0.2, 0.25) is 0 Å². The Balaban J connectivity index is 2.49. The van der Waals surface area contributed by atoms with Crippen LogP contribution in [0.3, 0.4) is 0 Å². The molecule has 0 bridgehead atoms. The van der Waals surface area contributed by atoms with Gasteiger partial charge in [0.15, 0.2) is 0 Å². The number of alkyl halides is 2. The van der Waals surface area contributed by atoms with E-state index in [1.54, 1.807) is 4.90 Å². The Bertz CT molecular complexity index is 150. The number of hydrogen-bond acceptors (Lipinski definition) is 3. The molecule has 5 heteroatoms. The second kappa shape index (κ2) is 4.30. The van der Waals surface area contributed by atoms with Crippen LogP contribution in [-0.4, -0.2) is 50.2 Å². The zero-order valence-electron chi connectivity index (χ0n) is 7.80. The van der Waals surface area contributed by atoms with Gasteiger partial charge < -0.3 is 10.5 Å². The Labute approximate surface area is 76.8 Å². The molecule has 0 aliphatic carbocycles. The first kappa shape index (κ1) is 10.8. The molecule has 0 saturated carbocycles. The number of methoxy groups -OCH3 is 1. The first-order valence-electron chi connectivity index (χ1n) is 4.40. The van der Waals surface area contributed by atoms with Crippen LogP contribution in [0.25, 0.3) is 0 Å². The fourth-order valence-electron chi connectivity index (χ4n) is 1.75. The van der Waals surface area contributed by atoms with Crippen LogP contribution in [0.2, 0.25) is 0 Å². The van der Waals surface area contributed by atoms with Crippen molar-refractivity contribution in [3.63, 3.8) is 0 Å². The normalized spacial score (nSPS) is 28.2. The highest BCUT2D eigenvalue weighted by Crippen LogP contribution is 2.31.